The van der Waals surface area contributed by atoms with Gasteiger partial charge in [-0.2, -0.15) is 0 Å². The molecule has 3 nitrogen and oxygen atoms in total. The lowest BCUT2D eigenvalue weighted by Crippen LogP contribution is -2.43. The van der Waals surface area contributed by atoms with Crippen molar-refractivity contribution in [3.05, 3.63) is 33.9 Å². The average molecular weight is 333 g/mol. The Morgan fingerprint density at radius 2 is 1.90 bits per heavy atom. The van der Waals surface area contributed by atoms with Crippen LogP contribution in [-0.2, 0) is 0 Å². The number of pyridine rings is 1. The molecule has 3 rings (SSSR count). The van der Waals surface area contributed by atoms with Gasteiger partial charge in [-0.3, -0.25) is 4.98 Å². The third kappa shape index (κ3) is 2.82. The van der Waals surface area contributed by atoms with E-state index in [9.17, 15) is 0 Å². The number of rotatable bonds is 1. The van der Waals surface area contributed by atoms with Crippen LogP contribution in [0.4, 0.5) is 5.69 Å². The van der Waals surface area contributed by atoms with Crippen molar-refractivity contribution in [1.29, 1.82) is 0 Å². The van der Waals surface area contributed by atoms with Gasteiger partial charge >= 0.3 is 0 Å². The van der Waals surface area contributed by atoms with Gasteiger partial charge in [0.2, 0.25) is 0 Å². The Balaban J connectivity index is 0.00000147. The number of halogens is 3. The summed E-state index contributed by atoms with van der Waals surface area (Å²) in [5, 5.41) is 5.83. The molecule has 2 heterocycles. The second kappa shape index (κ2) is 6.35. The Morgan fingerprint density at radius 3 is 2.60 bits per heavy atom. The third-order valence-electron chi connectivity index (χ3n) is 3.46. The summed E-state index contributed by atoms with van der Waals surface area (Å²) in [4.78, 5) is 6.85. The molecule has 1 aromatic carbocycles. The van der Waals surface area contributed by atoms with E-state index in [0.717, 1.165) is 53.5 Å². The Kier molecular flexibility index (Phi) is 4.97. The van der Waals surface area contributed by atoms with Gasteiger partial charge in [-0.1, -0.05) is 23.2 Å². The third-order valence-corrected chi connectivity index (χ3v) is 4.15. The second-order valence-electron chi connectivity index (χ2n) is 4.76. The summed E-state index contributed by atoms with van der Waals surface area (Å²) < 4.78 is 0. The van der Waals surface area contributed by atoms with Crippen LogP contribution in [0.3, 0.4) is 0 Å². The van der Waals surface area contributed by atoms with Crippen LogP contribution in [0.1, 0.15) is 5.69 Å². The van der Waals surface area contributed by atoms with E-state index in [1.165, 1.54) is 0 Å². The minimum absolute atomic E-state index is 0. The molecule has 1 saturated heterocycles. The minimum Gasteiger partial charge on any atom is -0.367 e. The van der Waals surface area contributed by atoms with Crippen molar-refractivity contribution in [2.75, 3.05) is 31.1 Å². The smallest absolute Gasteiger partial charge is 0.0858 e. The topological polar surface area (TPSA) is 28.2 Å². The minimum atomic E-state index is 0. The van der Waals surface area contributed by atoms with E-state index in [4.69, 9.17) is 23.2 Å². The van der Waals surface area contributed by atoms with Gasteiger partial charge in [0.25, 0.3) is 0 Å². The summed E-state index contributed by atoms with van der Waals surface area (Å²) in [5.74, 6) is 0. The molecule has 1 N–H and O–H groups in total. The quantitative estimate of drug-likeness (QED) is 0.863. The molecule has 20 heavy (non-hydrogen) atoms. The lowest BCUT2D eigenvalue weighted by atomic mass is 10.1. The van der Waals surface area contributed by atoms with Gasteiger partial charge in [-0.15, -0.1) is 12.4 Å². The molecule has 6 heteroatoms. The Hall–Kier alpha value is -0.740. The molecule has 1 aliphatic heterocycles. The van der Waals surface area contributed by atoms with Crippen molar-refractivity contribution in [3.8, 4) is 0 Å². The summed E-state index contributed by atoms with van der Waals surface area (Å²) in [6, 6.07) is 5.77. The number of piperazine rings is 1. The van der Waals surface area contributed by atoms with Crippen LogP contribution in [0.2, 0.25) is 10.0 Å². The van der Waals surface area contributed by atoms with Crippen LogP contribution in [-0.4, -0.2) is 31.2 Å². The van der Waals surface area contributed by atoms with E-state index in [2.05, 4.69) is 15.2 Å². The van der Waals surface area contributed by atoms with E-state index >= 15 is 0 Å². The zero-order valence-electron chi connectivity index (χ0n) is 11.1. The fourth-order valence-corrected chi connectivity index (χ4v) is 2.95. The van der Waals surface area contributed by atoms with Crippen LogP contribution >= 0.6 is 35.6 Å². The molecule has 0 unspecified atom stereocenters. The Bertz CT molecular complexity index is 625. The standard InChI is InChI=1S/C14H15Cl2N3.ClH/c1-9-13(16)14(19-6-4-17-5-7-19)11-8-10(15)2-3-12(11)18-9;/h2-3,8,17H,4-7H2,1H3;1H. The first-order valence-electron chi connectivity index (χ1n) is 6.38. The first-order chi connectivity index (χ1) is 9.16. The Morgan fingerprint density at radius 1 is 1.20 bits per heavy atom. The van der Waals surface area contributed by atoms with E-state index < -0.39 is 0 Å². The van der Waals surface area contributed by atoms with Crippen LogP contribution < -0.4 is 10.2 Å². The van der Waals surface area contributed by atoms with Gasteiger partial charge in [0.1, 0.15) is 0 Å². The van der Waals surface area contributed by atoms with Crippen LogP contribution in [0.5, 0.6) is 0 Å². The molecule has 0 spiro atoms. The largest absolute Gasteiger partial charge is 0.367 e. The molecule has 0 atom stereocenters. The number of fused-ring (bicyclic) bond motifs is 1. The van der Waals surface area contributed by atoms with Crippen molar-refractivity contribution in [2.45, 2.75) is 6.92 Å². The number of hydrogen-bond donors (Lipinski definition) is 1. The van der Waals surface area contributed by atoms with Crippen LogP contribution in [0, 0.1) is 6.92 Å². The van der Waals surface area contributed by atoms with Gasteiger partial charge in [-0.05, 0) is 25.1 Å². The zero-order valence-corrected chi connectivity index (χ0v) is 13.4. The lowest BCUT2D eigenvalue weighted by molar-refractivity contribution is 0.590. The van der Waals surface area contributed by atoms with E-state index in [0.29, 0.717) is 5.02 Å². The fraction of sp³-hybridized carbons (Fsp3) is 0.357. The number of aromatic nitrogens is 1. The molecule has 1 aliphatic rings. The van der Waals surface area contributed by atoms with Gasteiger partial charge in [0.05, 0.1) is 21.9 Å². The van der Waals surface area contributed by atoms with Gasteiger partial charge in [0.15, 0.2) is 0 Å². The van der Waals surface area contributed by atoms with Gasteiger partial charge in [0, 0.05) is 36.6 Å². The summed E-state index contributed by atoms with van der Waals surface area (Å²) in [7, 11) is 0. The van der Waals surface area contributed by atoms with E-state index in [-0.39, 0.29) is 12.4 Å². The molecule has 1 fully saturated rings. The molecule has 0 aliphatic carbocycles. The lowest BCUT2D eigenvalue weighted by Gasteiger charge is -2.31. The molecular formula is C14H16Cl3N3. The van der Waals surface area contributed by atoms with Gasteiger partial charge in [-0.25, -0.2) is 0 Å². The monoisotopic (exact) mass is 331 g/mol. The second-order valence-corrected chi connectivity index (χ2v) is 5.57. The molecule has 108 valence electrons. The molecule has 2 aromatic rings. The zero-order chi connectivity index (χ0) is 13.4. The van der Waals surface area contributed by atoms with Crippen molar-refractivity contribution in [2.24, 2.45) is 0 Å². The SMILES string of the molecule is Cc1nc2ccc(Cl)cc2c(N2CCNCC2)c1Cl.Cl. The number of nitrogens with zero attached hydrogens (tertiary/aromatic N) is 2. The van der Waals surface area contributed by atoms with Gasteiger partial charge < -0.3 is 10.2 Å². The maximum absolute atomic E-state index is 6.49. The first kappa shape index (κ1) is 15.6. The van der Waals surface area contributed by atoms with Crippen LogP contribution in [0.15, 0.2) is 18.2 Å². The number of hydrogen-bond acceptors (Lipinski definition) is 3. The van der Waals surface area contributed by atoms with Crippen molar-refractivity contribution >= 4 is 52.2 Å². The number of anilines is 1. The summed E-state index contributed by atoms with van der Waals surface area (Å²) >= 11 is 12.6. The molecule has 0 amide bonds. The van der Waals surface area contributed by atoms with E-state index in [1.807, 2.05) is 25.1 Å². The van der Waals surface area contributed by atoms with Crippen LogP contribution in [0.25, 0.3) is 10.9 Å². The Labute approximate surface area is 134 Å². The number of nitrogens with one attached hydrogen (secondary N) is 1. The molecule has 0 bridgehead atoms. The van der Waals surface area contributed by atoms with Crippen molar-refractivity contribution < 1.29 is 0 Å². The average Bonchev–Trinajstić information content (AvgIpc) is 2.42. The molecule has 0 radical (unpaired) electrons. The highest BCUT2D eigenvalue weighted by molar-refractivity contribution is 6.36. The predicted molar refractivity (Wildman–Crippen MR) is 88.8 cm³/mol. The highest BCUT2D eigenvalue weighted by Gasteiger charge is 2.19. The normalized spacial score (nSPS) is 15.2. The van der Waals surface area contributed by atoms with Crippen molar-refractivity contribution in [3.63, 3.8) is 0 Å². The molecule has 0 saturated carbocycles. The first-order valence-corrected chi connectivity index (χ1v) is 7.13. The summed E-state index contributed by atoms with van der Waals surface area (Å²) in [6.07, 6.45) is 0. The predicted octanol–water partition coefficient (Wildman–Crippen LogP) is 3.68. The number of aryl methyl sites for hydroxylation is 1. The highest BCUT2D eigenvalue weighted by Crippen LogP contribution is 2.36. The maximum Gasteiger partial charge on any atom is 0.0858 e. The maximum atomic E-state index is 6.49. The summed E-state index contributed by atoms with van der Waals surface area (Å²) in [6.45, 7) is 5.79. The molecule has 1 aromatic heterocycles. The highest BCUT2D eigenvalue weighted by atomic mass is 35.5. The van der Waals surface area contributed by atoms with Crippen molar-refractivity contribution in [1.82, 2.24) is 10.3 Å². The van der Waals surface area contributed by atoms with E-state index in [1.54, 1.807) is 0 Å². The number of benzene rings is 1. The fourth-order valence-electron chi connectivity index (χ4n) is 2.51. The summed E-state index contributed by atoms with van der Waals surface area (Å²) in [5.41, 5.74) is 2.87. The molecular weight excluding hydrogens is 317 g/mol.